The lowest BCUT2D eigenvalue weighted by molar-refractivity contribution is 0.0698. The van der Waals surface area contributed by atoms with Gasteiger partial charge in [-0.3, -0.25) is 5.41 Å². The number of carboxylic acid groups (broad SMARTS) is 1. The number of fused-ring (bicyclic) bond motifs is 1. The Hall–Kier alpha value is -2.30. The molecule has 2 heterocycles. The lowest BCUT2D eigenvalue weighted by Crippen LogP contribution is -2.38. The summed E-state index contributed by atoms with van der Waals surface area (Å²) < 4.78 is 2.12. The van der Waals surface area contributed by atoms with Crippen LogP contribution in [0, 0.1) is 5.41 Å². The summed E-state index contributed by atoms with van der Waals surface area (Å²) in [6.07, 6.45) is 4.43. The smallest absolute Gasteiger partial charge is 0.337 e. The highest BCUT2D eigenvalue weighted by Crippen LogP contribution is 2.30. The van der Waals surface area contributed by atoms with Crippen LogP contribution < -0.4 is 0 Å². The monoisotopic (exact) mass is 299 g/mol. The summed E-state index contributed by atoms with van der Waals surface area (Å²) in [5.41, 5.74) is 1.36. The van der Waals surface area contributed by atoms with Gasteiger partial charge in [0.2, 0.25) is 0 Å². The Morgan fingerprint density at radius 1 is 1.32 bits per heavy atom. The normalized spacial score (nSPS) is 16.1. The number of hydrogen-bond acceptors (Lipinski definition) is 2. The first-order chi connectivity index (χ1) is 10.6. The number of carbonyl (C=O) groups is 1. The number of rotatable bonds is 3. The van der Waals surface area contributed by atoms with E-state index in [1.165, 1.54) is 0 Å². The van der Waals surface area contributed by atoms with Crippen molar-refractivity contribution in [3.05, 3.63) is 36.0 Å². The van der Waals surface area contributed by atoms with Crippen LogP contribution in [0.1, 0.15) is 42.6 Å². The van der Waals surface area contributed by atoms with Gasteiger partial charge in [-0.15, -0.1) is 0 Å². The third-order valence-electron chi connectivity index (χ3n) is 4.55. The van der Waals surface area contributed by atoms with E-state index < -0.39 is 5.97 Å². The van der Waals surface area contributed by atoms with Crippen LogP contribution in [0.5, 0.6) is 0 Å². The number of aromatic nitrogens is 1. The summed E-state index contributed by atoms with van der Waals surface area (Å²) >= 11 is 0. The molecule has 0 aliphatic carbocycles. The number of nitrogens with zero attached hydrogens (tertiary/aromatic N) is 2. The molecule has 1 aromatic heterocycles. The molecule has 2 aromatic rings. The molecule has 0 unspecified atom stereocenters. The van der Waals surface area contributed by atoms with Crippen LogP contribution in [0.4, 0.5) is 0 Å². The number of nitrogens with one attached hydrogen (secondary N) is 1. The van der Waals surface area contributed by atoms with Crippen LogP contribution in [-0.4, -0.2) is 39.5 Å². The third-order valence-corrected chi connectivity index (χ3v) is 4.55. The molecule has 0 bridgehead atoms. The van der Waals surface area contributed by atoms with Crippen molar-refractivity contribution in [1.82, 2.24) is 9.47 Å². The fourth-order valence-electron chi connectivity index (χ4n) is 3.31. The predicted molar refractivity (Wildman–Crippen MR) is 86.8 cm³/mol. The van der Waals surface area contributed by atoms with Crippen molar-refractivity contribution in [2.45, 2.75) is 32.2 Å². The summed E-state index contributed by atoms with van der Waals surface area (Å²) in [7, 11) is 0. The number of likely N-dealkylation sites (tertiary alicyclic amines) is 1. The highest BCUT2D eigenvalue weighted by molar-refractivity contribution is 6.03. The lowest BCUT2D eigenvalue weighted by Gasteiger charge is -2.34. The zero-order chi connectivity index (χ0) is 15.7. The van der Waals surface area contributed by atoms with Gasteiger partial charge < -0.3 is 14.6 Å². The molecule has 1 fully saturated rings. The fourth-order valence-corrected chi connectivity index (χ4v) is 3.31. The molecule has 0 atom stereocenters. The second-order valence-corrected chi connectivity index (χ2v) is 5.79. The number of hydrogen-bond donors (Lipinski definition) is 2. The van der Waals surface area contributed by atoms with Crippen LogP contribution in [0.15, 0.2) is 30.5 Å². The van der Waals surface area contributed by atoms with E-state index in [9.17, 15) is 9.90 Å². The van der Waals surface area contributed by atoms with E-state index in [2.05, 4.69) is 9.47 Å². The summed E-state index contributed by atoms with van der Waals surface area (Å²) in [6.45, 7) is 3.74. The number of para-hydroxylation sites is 1. The van der Waals surface area contributed by atoms with Gasteiger partial charge in [0.05, 0.1) is 11.4 Å². The highest BCUT2D eigenvalue weighted by atomic mass is 16.4. The van der Waals surface area contributed by atoms with E-state index >= 15 is 0 Å². The van der Waals surface area contributed by atoms with Crippen LogP contribution in [-0.2, 0) is 0 Å². The van der Waals surface area contributed by atoms with Crippen molar-refractivity contribution in [3.63, 3.8) is 0 Å². The molecule has 0 spiro atoms. The zero-order valence-electron chi connectivity index (χ0n) is 12.7. The highest BCUT2D eigenvalue weighted by Gasteiger charge is 2.24. The average molecular weight is 299 g/mol. The Bertz CT molecular complexity index is 712. The van der Waals surface area contributed by atoms with E-state index in [4.69, 9.17) is 5.41 Å². The second-order valence-electron chi connectivity index (χ2n) is 5.79. The molecule has 0 amide bonds. The van der Waals surface area contributed by atoms with Crippen molar-refractivity contribution >= 4 is 22.7 Å². The topological polar surface area (TPSA) is 69.3 Å². The molecular formula is C17H21N3O2. The molecule has 5 heteroatoms. The van der Waals surface area contributed by atoms with Gasteiger partial charge in [0.1, 0.15) is 0 Å². The maximum absolute atomic E-state index is 11.4. The number of carboxylic acids is 1. The molecular weight excluding hydrogens is 278 g/mol. The molecule has 5 nitrogen and oxygen atoms in total. The van der Waals surface area contributed by atoms with Crippen molar-refractivity contribution in [2.75, 3.05) is 13.1 Å². The fraction of sp³-hybridized carbons (Fsp3) is 0.412. The van der Waals surface area contributed by atoms with Crippen molar-refractivity contribution in [1.29, 1.82) is 5.41 Å². The third kappa shape index (κ3) is 2.47. The quantitative estimate of drug-likeness (QED) is 0.674. The van der Waals surface area contributed by atoms with E-state index in [0.29, 0.717) is 17.4 Å². The van der Waals surface area contributed by atoms with Gasteiger partial charge in [0.15, 0.2) is 0 Å². The van der Waals surface area contributed by atoms with Gasteiger partial charge in [-0.2, -0.15) is 0 Å². The second kappa shape index (κ2) is 5.83. The molecule has 1 aliphatic heterocycles. The molecule has 1 aromatic carbocycles. The largest absolute Gasteiger partial charge is 0.478 e. The standard InChI is InChI=1S/C17H21N3O2/c1-2-16(18)19-9-7-12(8-10-19)20-11-14(17(21)22)13-5-3-4-6-15(13)20/h3-6,11-12,18H,2,7-10H2,1H3,(H,21,22). The van der Waals surface area contributed by atoms with E-state index in [-0.39, 0.29) is 0 Å². The number of benzene rings is 1. The van der Waals surface area contributed by atoms with Crippen molar-refractivity contribution in [2.24, 2.45) is 0 Å². The number of piperidine rings is 1. The first kappa shape index (κ1) is 14.6. The SMILES string of the molecule is CCC(=N)N1CCC(n2cc(C(=O)O)c3ccccc32)CC1. The van der Waals surface area contributed by atoms with E-state index in [0.717, 1.165) is 43.3 Å². The molecule has 116 valence electrons. The van der Waals surface area contributed by atoms with E-state index in [1.807, 2.05) is 31.2 Å². The summed E-state index contributed by atoms with van der Waals surface area (Å²) in [4.78, 5) is 13.6. The molecule has 1 saturated heterocycles. The van der Waals surface area contributed by atoms with Gasteiger partial charge in [-0.25, -0.2) is 4.79 Å². The Morgan fingerprint density at radius 2 is 2.00 bits per heavy atom. The van der Waals surface area contributed by atoms with Gasteiger partial charge in [0, 0.05) is 42.7 Å². The minimum absolute atomic E-state index is 0.305. The minimum atomic E-state index is -0.875. The number of amidine groups is 1. The van der Waals surface area contributed by atoms with Crippen LogP contribution in [0.2, 0.25) is 0 Å². The van der Waals surface area contributed by atoms with Crippen molar-refractivity contribution < 1.29 is 9.90 Å². The molecule has 2 N–H and O–H groups in total. The first-order valence-electron chi connectivity index (χ1n) is 7.77. The number of aromatic carboxylic acids is 1. The molecule has 22 heavy (non-hydrogen) atoms. The van der Waals surface area contributed by atoms with Crippen LogP contribution in [0.25, 0.3) is 10.9 Å². The van der Waals surface area contributed by atoms with Gasteiger partial charge in [-0.1, -0.05) is 25.1 Å². The molecule has 0 radical (unpaired) electrons. The Balaban J connectivity index is 1.89. The van der Waals surface area contributed by atoms with Gasteiger partial charge in [-0.05, 0) is 18.9 Å². The Morgan fingerprint density at radius 3 is 2.64 bits per heavy atom. The first-order valence-corrected chi connectivity index (χ1v) is 7.77. The average Bonchev–Trinajstić information content (AvgIpc) is 2.94. The molecule has 3 rings (SSSR count). The summed E-state index contributed by atoms with van der Waals surface area (Å²) in [5.74, 6) is -0.179. The van der Waals surface area contributed by atoms with Crippen LogP contribution in [0.3, 0.4) is 0 Å². The van der Waals surface area contributed by atoms with E-state index in [1.54, 1.807) is 6.20 Å². The maximum atomic E-state index is 11.4. The predicted octanol–water partition coefficient (Wildman–Crippen LogP) is 3.36. The van der Waals surface area contributed by atoms with Gasteiger partial charge >= 0.3 is 5.97 Å². The van der Waals surface area contributed by atoms with Gasteiger partial charge in [0.25, 0.3) is 0 Å². The van der Waals surface area contributed by atoms with Crippen molar-refractivity contribution in [3.8, 4) is 0 Å². The maximum Gasteiger partial charge on any atom is 0.337 e. The summed E-state index contributed by atoms with van der Waals surface area (Å²) in [6, 6.07) is 8.00. The zero-order valence-corrected chi connectivity index (χ0v) is 12.7. The lowest BCUT2D eigenvalue weighted by atomic mass is 10.0. The Labute approximate surface area is 129 Å². The Kier molecular flexibility index (Phi) is 3.88. The minimum Gasteiger partial charge on any atom is -0.478 e. The molecule has 1 aliphatic rings. The summed E-state index contributed by atoms with van der Waals surface area (Å²) in [5, 5.41) is 18.1. The molecule has 0 saturated carbocycles. The van der Waals surface area contributed by atoms with Crippen LogP contribution >= 0.6 is 0 Å².